The lowest BCUT2D eigenvalue weighted by Crippen LogP contribution is -2.55. The molecule has 1 aliphatic heterocycles. The predicted molar refractivity (Wildman–Crippen MR) is 137 cm³/mol. The molecule has 5 aromatic rings. The summed E-state index contributed by atoms with van der Waals surface area (Å²) in [6, 6.07) is 33.6. The number of hydrogen-bond acceptors (Lipinski definition) is 0. The van der Waals surface area contributed by atoms with Gasteiger partial charge in [0.1, 0.15) is 5.92 Å². The SMILES string of the molecule is Cc1ccc2c[n+]3c(cc2c1)-c1ccccc1C1C([n+]2ccccc2-c2ccccc2C)=CC13. The van der Waals surface area contributed by atoms with Crippen molar-refractivity contribution < 1.29 is 9.13 Å². The molecule has 2 atom stereocenters. The third-order valence-electron chi connectivity index (χ3n) is 7.54. The predicted octanol–water partition coefficient (Wildman–Crippen LogP) is 6.56. The van der Waals surface area contributed by atoms with E-state index in [0.717, 1.165) is 0 Å². The molecule has 2 heteroatoms. The minimum Gasteiger partial charge on any atom is -0.190 e. The van der Waals surface area contributed by atoms with E-state index in [9.17, 15) is 0 Å². The number of aryl methyl sites for hydroxylation is 2. The van der Waals surface area contributed by atoms with E-state index in [1.807, 2.05) is 0 Å². The molecule has 2 aromatic heterocycles. The third kappa shape index (κ3) is 2.75. The van der Waals surface area contributed by atoms with E-state index in [-0.39, 0.29) is 0 Å². The fraction of sp³-hybridized carbons (Fsp3) is 0.125. The van der Waals surface area contributed by atoms with Crippen LogP contribution in [0, 0.1) is 13.8 Å². The molecule has 3 aromatic carbocycles. The van der Waals surface area contributed by atoms with Crippen LogP contribution in [0.3, 0.4) is 0 Å². The van der Waals surface area contributed by atoms with Crippen LogP contribution in [0.15, 0.2) is 109 Å². The summed E-state index contributed by atoms with van der Waals surface area (Å²) in [6.07, 6.45) is 7.02. The van der Waals surface area contributed by atoms with Gasteiger partial charge in [0.2, 0.25) is 17.1 Å². The number of rotatable bonds is 2. The Bertz CT molecular complexity index is 1640. The highest BCUT2D eigenvalue weighted by Gasteiger charge is 2.52. The Morgan fingerprint density at radius 1 is 0.676 bits per heavy atom. The highest BCUT2D eigenvalue weighted by molar-refractivity contribution is 5.86. The molecule has 0 amide bonds. The Kier molecular flexibility index (Phi) is 4.13. The van der Waals surface area contributed by atoms with Crippen LogP contribution in [0.4, 0.5) is 0 Å². The van der Waals surface area contributed by atoms with Crippen molar-refractivity contribution in [2.75, 3.05) is 0 Å². The Morgan fingerprint density at radius 3 is 2.35 bits per heavy atom. The fourth-order valence-corrected chi connectivity index (χ4v) is 5.84. The van der Waals surface area contributed by atoms with E-state index in [1.54, 1.807) is 0 Å². The number of nitrogens with zero attached hydrogens (tertiary/aromatic N) is 2. The van der Waals surface area contributed by atoms with E-state index < -0.39 is 0 Å². The number of fused-ring (bicyclic) bond motifs is 7. The van der Waals surface area contributed by atoms with E-state index in [1.165, 1.54) is 55.7 Å². The monoisotopic (exact) mass is 438 g/mol. The maximum Gasteiger partial charge on any atom is 0.218 e. The van der Waals surface area contributed by atoms with Gasteiger partial charge in [-0.15, -0.1) is 0 Å². The topological polar surface area (TPSA) is 7.76 Å². The zero-order valence-electron chi connectivity index (χ0n) is 19.4. The second-order valence-electron chi connectivity index (χ2n) is 9.62. The highest BCUT2D eigenvalue weighted by Crippen LogP contribution is 2.50. The number of benzene rings is 3. The van der Waals surface area contributed by atoms with Crippen molar-refractivity contribution in [3.8, 4) is 22.5 Å². The van der Waals surface area contributed by atoms with Crippen molar-refractivity contribution in [1.82, 2.24) is 0 Å². The standard InChI is InChI=1S/C32H26N2/c1-21-14-15-23-20-34-29(18-24(23)17-21)26-11-5-6-12-27(26)32-30(19-31(32)34)33-16-8-7-13-28(33)25-10-4-3-9-22(25)2/h3-20,31-32H,1-2H3/q+2. The zero-order valence-corrected chi connectivity index (χ0v) is 19.4. The third-order valence-corrected chi connectivity index (χ3v) is 7.54. The number of allylic oxidation sites excluding steroid dienone is 2. The highest BCUT2D eigenvalue weighted by atomic mass is 15.1. The van der Waals surface area contributed by atoms with Crippen LogP contribution in [-0.4, -0.2) is 0 Å². The van der Waals surface area contributed by atoms with E-state index in [4.69, 9.17) is 0 Å². The molecular weight excluding hydrogens is 412 g/mol. The van der Waals surface area contributed by atoms with Crippen molar-refractivity contribution in [2.45, 2.75) is 25.8 Å². The number of hydrogen-bond donors (Lipinski definition) is 0. The molecule has 34 heavy (non-hydrogen) atoms. The molecule has 0 spiro atoms. The lowest BCUT2D eigenvalue weighted by Gasteiger charge is -2.34. The molecule has 162 valence electrons. The van der Waals surface area contributed by atoms with Gasteiger partial charge in [-0.05, 0) is 54.6 Å². The van der Waals surface area contributed by atoms with Crippen LogP contribution >= 0.6 is 0 Å². The second-order valence-corrected chi connectivity index (χ2v) is 9.62. The van der Waals surface area contributed by atoms with Gasteiger partial charge >= 0.3 is 0 Å². The molecule has 3 heterocycles. The summed E-state index contributed by atoms with van der Waals surface area (Å²) in [5.74, 6) is 0.326. The van der Waals surface area contributed by atoms with Gasteiger partial charge in [-0.2, -0.15) is 9.13 Å². The molecule has 1 aliphatic carbocycles. The van der Waals surface area contributed by atoms with E-state index in [2.05, 4.69) is 132 Å². The maximum absolute atomic E-state index is 2.49. The summed E-state index contributed by atoms with van der Waals surface area (Å²) < 4.78 is 4.89. The fourth-order valence-electron chi connectivity index (χ4n) is 5.84. The summed E-state index contributed by atoms with van der Waals surface area (Å²) >= 11 is 0. The first kappa shape index (κ1) is 19.4. The molecule has 0 radical (unpaired) electrons. The Morgan fingerprint density at radius 2 is 1.47 bits per heavy atom. The quantitative estimate of drug-likeness (QED) is 0.276. The van der Waals surface area contributed by atoms with Crippen LogP contribution in [0.5, 0.6) is 0 Å². The molecule has 7 rings (SSSR count). The van der Waals surface area contributed by atoms with Gasteiger partial charge < -0.3 is 0 Å². The van der Waals surface area contributed by atoms with Gasteiger partial charge in [0.25, 0.3) is 0 Å². The molecule has 0 N–H and O–H groups in total. The average Bonchev–Trinajstić information content (AvgIpc) is 2.84. The van der Waals surface area contributed by atoms with Crippen LogP contribution in [0.1, 0.15) is 28.7 Å². The van der Waals surface area contributed by atoms with E-state index >= 15 is 0 Å². The number of pyridine rings is 2. The molecule has 0 fully saturated rings. The van der Waals surface area contributed by atoms with Gasteiger partial charge in [-0.1, -0.05) is 54.1 Å². The molecule has 2 unspecified atom stereocenters. The minimum absolute atomic E-state index is 0.322. The Labute approximate surface area is 200 Å². The van der Waals surface area contributed by atoms with Crippen molar-refractivity contribution in [2.24, 2.45) is 0 Å². The van der Waals surface area contributed by atoms with Crippen LogP contribution in [0.25, 0.3) is 39.0 Å². The molecule has 0 saturated carbocycles. The summed E-state index contributed by atoms with van der Waals surface area (Å²) in [4.78, 5) is 0. The smallest absolute Gasteiger partial charge is 0.190 e. The lowest BCUT2D eigenvalue weighted by molar-refractivity contribution is -0.714. The lowest BCUT2D eigenvalue weighted by atomic mass is 9.73. The molecular formula is C32H26N2+2. The first-order valence-corrected chi connectivity index (χ1v) is 12.0. The average molecular weight is 439 g/mol. The Hall–Kier alpha value is -4.04. The van der Waals surface area contributed by atoms with Gasteiger partial charge in [0, 0.05) is 29.1 Å². The van der Waals surface area contributed by atoms with Crippen molar-refractivity contribution in [3.05, 3.63) is 126 Å². The molecule has 2 nitrogen and oxygen atoms in total. The molecule has 0 bridgehead atoms. The van der Waals surface area contributed by atoms with Crippen molar-refractivity contribution in [1.29, 1.82) is 0 Å². The minimum atomic E-state index is 0.322. The Balaban J connectivity index is 1.45. The molecule has 0 saturated heterocycles. The van der Waals surface area contributed by atoms with Gasteiger partial charge in [0.05, 0.1) is 11.6 Å². The first-order chi connectivity index (χ1) is 16.7. The summed E-state index contributed by atoms with van der Waals surface area (Å²) in [7, 11) is 0. The zero-order chi connectivity index (χ0) is 22.8. The number of aromatic nitrogens is 2. The van der Waals surface area contributed by atoms with Crippen LogP contribution in [-0.2, 0) is 0 Å². The summed E-state index contributed by atoms with van der Waals surface area (Å²) in [5, 5.41) is 2.60. The van der Waals surface area contributed by atoms with Crippen molar-refractivity contribution in [3.63, 3.8) is 0 Å². The maximum atomic E-state index is 2.49. The summed E-state index contributed by atoms with van der Waals surface area (Å²) in [6.45, 7) is 4.36. The van der Waals surface area contributed by atoms with Crippen LogP contribution in [0.2, 0.25) is 0 Å². The first-order valence-electron chi connectivity index (χ1n) is 12.0. The normalized spacial score (nSPS) is 17.9. The largest absolute Gasteiger partial charge is 0.218 e. The summed E-state index contributed by atoms with van der Waals surface area (Å²) in [5.41, 5.74) is 10.6. The second kappa shape index (κ2) is 7.23. The molecule has 2 aliphatic rings. The van der Waals surface area contributed by atoms with E-state index in [0.29, 0.717) is 12.0 Å². The van der Waals surface area contributed by atoms with Crippen molar-refractivity contribution >= 4 is 16.5 Å². The van der Waals surface area contributed by atoms with Crippen LogP contribution < -0.4 is 9.13 Å². The van der Waals surface area contributed by atoms with Gasteiger partial charge in [-0.3, -0.25) is 0 Å². The van der Waals surface area contributed by atoms with Gasteiger partial charge in [0.15, 0.2) is 18.4 Å². The van der Waals surface area contributed by atoms with Gasteiger partial charge in [-0.25, -0.2) is 0 Å².